The van der Waals surface area contributed by atoms with Gasteiger partial charge in [-0.15, -0.1) is 5.11 Å². The lowest BCUT2D eigenvalue weighted by molar-refractivity contribution is -0.394. The molecule has 0 aliphatic heterocycles. The Hall–Kier alpha value is -4.47. The first kappa shape index (κ1) is 20.3. The average molecular weight is 405 g/mol. The monoisotopic (exact) mass is 405 g/mol. The topological polar surface area (TPSA) is 131 Å². The zero-order valence-corrected chi connectivity index (χ0v) is 15.7. The molecule has 0 spiro atoms. The van der Waals surface area contributed by atoms with Crippen LogP contribution in [0.25, 0.3) is 0 Å². The third kappa shape index (κ3) is 4.33. The smallest absolute Gasteiger partial charge is 0.291 e. The minimum Gasteiger partial charge on any atom is -0.311 e. The van der Waals surface area contributed by atoms with Crippen LogP contribution in [0.3, 0.4) is 0 Å². The molecule has 30 heavy (non-hydrogen) atoms. The molecule has 0 atom stereocenters. The SMILES string of the molecule is CN(C(=O)c1c(N=Nc2ccccc2)cc([N+](=O)[O-])cc1[N+](=O)[O-])c1ccccc1. The van der Waals surface area contributed by atoms with Crippen LogP contribution in [0.15, 0.2) is 83.0 Å². The predicted molar refractivity (Wildman–Crippen MR) is 110 cm³/mol. The van der Waals surface area contributed by atoms with Gasteiger partial charge in [0, 0.05) is 18.8 Å². The zero-order valence-electron chi connectivity index (χ0n) is 15.7. The van der Waals surface area contributed by atoms with Crippen molar-refractivity contribution in [3.05, 3.63) is 98.6 Å². The van der Waals surface area contributed by atoms with E-state index >= 15 is 0 Å². The van der Waals surface area contributed by atoms with E-state index in [0.717, 1.165) is 12.1 Å². The summed E-state index contributed by atoms with van der Waals surface area (Å²) in [4.78, 5) is 35.6. The second-order valence-corrected chi connectivity index (χ2v) is 6.11. The van der Waals surface area contributed by atoms with Gasteiger partial charge in [-0.3, -0.25) is 25.0 Å². The maximum Gasteiger partial charge on any atom is 0.291 e. The number of non-ortho nitro benzene ring substituents is 1. The highest BCUT2D eigenvalue weighted by Crippen LogP contribution is 2.36. The van der Waals surface area contributed by atoms with Gasteiger partial charge in [-0.25, -0.2) is 0 Å². The summed E-state index contributed by atoms with van der Waals surface area (Å²) in [6.07, 6.45) is 0. The molecule has 1 amide bonds. The zero-order chi connectivity index (χ0) is 21.7. The molecule has 0 fully saturated rings. The quantitative estimate of drug-likeness (QED) is 0.316. The van der Waals surface area contributed by atoms with Crippen molar-refractivity contribution in [3.63, 3.8) is 0 Å². The number of carbonyl (C=O) groups excluding carboxylic acids is 1. The molecule has 150 valence electrons. The average Bonchev–Trinajstić information content (AvgIpc) is 2.77. The van der Waals surface area contributed by atoms with Gasteiger partial charge in [0.05, 0.1) is 21.6 Å². The molecule has 0 radical (unpaired) electrons. The number of nitrogens with zero attached hydrogens (tertiary/aromatic N) is 5. The summed E-state index contributed by atoms with van der Waals surface area (Å²) in [7, 11) is 1.45. The number of nitro groups is 2. The number of para-hydroxylation sites is 1. The summed E-state index contributed by atoms with van der Waals surface area (Å²) in [6, 6.07) is 18.7. The van der Waals surface area contributed by atoms with E-state index in [1.807, 2.05) is 0 Å². The third-order valence-electron chi connectivity index (χ3n) is 4.18. The van der Waals surface area contributed by atoms with Crippen molar-refractivity contribution in [1.29, 1.82) is 0 Å². The molecule has 3 rings (SSSR count). The van der Waals surface area contributed by atoms with Crippen LogP contribution in [-0.2, 0) is 0 Å². The molecule has 0 saturated carbocycles. The van der Waals surface area contributed by atoms with Gasteiger partial charge < -0.3 is 4.90 Å². The number of benzene rings is 3. The van der Waals surface area contributed by atoms with E-state index in [9.17, 15) is 25.0 Å². The van der Waals surface area contributed by atoms with E-state index in [2.05, 4.69) is 10.2 Å². The maximum atomic E-state index is 13.1. The highest BCUT2D eigenvalue weighted by atomic mass is 16.6. The fourth-order valence-electron chi connectivity index (χ4n) is 2.69. The van der Waals surface area contributed by atoms with E-state index in [4.69, 9.17) is 0 Å². The number of nitro benzene ring substituents is 2. The Kier molecular flexibility index (Phi) is 5.87. The number of carbonyl (C=O) groups is 1. The van der Waals surface area contributed by atoms with Crippen LogP contribution in [0.2, 0.25) is 0 Å². The van der Waals surface area contributed by atoms with Crippen LogP contribution >= 0.6 is 0 Å². The lowest BCUT2D eigenvalue weighted by Crippen LogP contribution is -2.27. The molecule has 0 heterocycles. The second-order valence-electron chi connectivity index (χ2n) is 6.11. The number of azo groups is 1. The van der Waals surface area contributed by atoms with Crippen molar-refractivity contribution in [1.82, 2.24) is 0 Å². The number of amides is 1. The number of hydrogen-bond acceptors (Lipinski definition) is 7. The first-order valence-corrected chi connectivity index (χ1v) is 8.65. The van der Waals surface area contributed by atoms with Crippen molar-refractivity contribution in [2.24, 2.45) is 10.2 Å². The molecular weight excluding hydrogens is 390 g/mol. The van der Waals surface area contributed by atoms with E-state index in [1.54, 1.807) is 60.7 Å². The molecule has 3 aromatic rings. The molecule has 10 heteroatoms. The van der Waals surface area contributed by atoms with Crippen molar-refractivity contribution in [2.45, 2.75) is 0 Å². The number of hydrogen-bond donors (Lipinski definition) is 0. The fraction of sp³-hybridized carbons (Fsp3) is 0.0500. The molecular formula is C20H15N5O5. The van der Waals surface area contributed by atoms with Gasteiger partial charge >= 0.3 is 0 Å². The Morgan fingerprint density at radius 2 is 1.47 bits per heavy atom. The largest absolute Gasteiger partial charge is 0.311 e. The van der Waals surface area contributed by atoms with Crippen molar-refractivity contribution < 1.29 is 14.6 Å². The molecule has 0 unspecified atom stereocenters. The third-order valence-corrected chi connectivity index (χ3v) is 4.18. The normalized spacial score (nSPS) is 10.7. The van der Waals surface area contributed by atoms with Gasteiger partial charge in [-0.05, 0) is 24.3 Å². The van der Waals surface area contributed by atoms with Crippen molar-refractivity contribution in [2.75, 3.05) is 11.9 Å². The highest BCUT2D eigenvalue weighted by molar-refractivity contribution is 6.12. The summed E-state index contributed by atoms with van der Waals surface area (Å²) >= 11 is 0. The van der Waals surface area contributed by atoms with Gasteiger partial charge in [0.1, 0.15) is 11.3 Å². The first-order valence-electron chi connectivity index (χ1n) is 8.65. The van der Waals surface area contributed by atoms with Crippen LogP contribution in [0.1, 0.15) is 10.4 Å². The number of anilines is 1. The van der Waals surface area contributed by atoms with Gasteiger partial charge in [0.25, 0.3) is 17.3 Å². The molecule has 0 saturated heterocycles. The predicted octanol–water partition coefficient (Wildman–Crippen LogP) is 5.20. The Labute approximate surface area is 170 Å². The lowest BCUT2D eigenvalue weighted by Gasteiger charge is -2.18. The van der Waals surface area contributed by atoms with Gasteiger partial charge in [0.15, 0.2) is 0 Å². The van der Waals surface area contributed by atoms with E-state index in [-0.39, 0.29) is 5.69 Å². The van der Waals surface area contributed by atoms with Crippen LogP contribution in [-0.4, -0.2) is 22.8 Å². The Bertz CT molecular complexity index is 1130. The molecule has 0 aromatic heterocycles. The van der Waals surface area contributed by atoms with Gasteiger partial charge in [-0.2, -0.15) is 5.11 Å². The molecule has 3 aromatic carbocycles. The molecule has 0 aliphatic carbocycles. The maximum absolute atomic E-state index is 13.1. The minimum atomic E-state index is -0.847. The molecule has 0 aliphatic rings. The summed E-state index contributed by atoms with van der Waals surface area (Å²) in [5, 5.41) is 30.8. The fourth-order valence-corrected chi connectivity index (χ4v) is 2.69. The van der Waals surface area contributed by atoms with E-state index in [0.29, 0.717) is 11.4 Å². The first-order chi connectivity index (χ1) is 14.4. The second kappa shape index (κ2) is 8.69. The summed E-state index contributed by atoms with van der Waals surface area (Å²) < 4.78 is 0. The summed E-state index contributed by atoms with van der Waals surface area (Å²) in [6.45, 7) is 0. The molecule has 0 bridgehead atoms. The number of rotatable bonds is 6. The standard InChI is InChI=1S/C20H15N5O5/c1-23(15-10-6-3-7-11-15)20(26)19-17(22-21-14-8-4-2-5-9-14)12-16(24(27)28)13-18(19)25(29)30/h2-13H,1H3. The summed E-state index contributed by atoms with van der Waals surface area (Å²) in [5.74, 6) is -0.746. The van der Waals surface area contributed by atoms with Crippen LogP contribution in [0.4, 0.5) is 28.4 Å². The molecule has 0 N–H and O–H groups in total. The lowest BCUT2D eigenvalue weighted by atomic mass is 10.1. The minimum absolute atomic E-state index is 0.271. The molecule has 10 nitrogen and oxygen atoms in total. The van der Waals surface area contributed by atoms with Crippen molar-refractivity contribution in [3.8, 4) is 0 Å². The van der Waals surface area contributed by atoms with Crippen LogP contribution in [0, 0.1) is 20.2 Å². The van der Waals surface area contributed by atoms with Crippen LogP contribution < -0.4 is 4.90 Å². The van der Waals surface area contributed by atoms with E-state index < -0.39 is 32.7 Å². The van der Waals surface area contributed by atoms with Gasteiger partial charge in [-0.1, -0.05) is 36.4 Å². The Morgan fingerprint density at radius 3 is 2.03 bits per heavy atom. The van der Waals surface area contributed by atoms with E-state index in [1.165, 1.54) is 11.9 Å². The van der Waals surface area contributed by atoms with Crippen molar-refractivity contribution >= 4 is 34.3 Å². The Balaban J connectivity index is 2.18. The van der Waals surface area contributed by atoms with Crippen LogP contribution in [0.5, 0.6) is 0 Å². The Morgan fingerprint density at radius 1 is 0.867 bits per heavy atom. The summed E-state index contributed by atoms with van der Waals surface area (Å²) in [5.41, 5.74) is -1.05. The highest BCUT2D eigenvalue weighted by Gasteiger charge is 2.31. The van der Waals surface area contributed by atoms with Gasteiger partial charge in [0.2, 0.25) is 0 Å².